The van der Waals surface area contributed by atoms with Crippen LogP contribution in [0.1, 0.15) is 18.1 Å². The molecule has 0 aromatic heterocycles. The summed E-state index contributed by atoms with van der Waals surface area (Å²) in [5.41, 5.74) is 2.25. The van der Waals surface area contributed by atoms with E-state index in [-0.39, 0.29) is 6.04 Å². The topological polar surface area (TPSA) is 12.4 Å². The van der Waals surface area contributed by atoms with E-state index in [1.165, 1.54) is 0 Å². The monoisotopic (exact) mass is 269 g/mol. The molecule has 2 aromatic rings. The van der Waals surface area contributed by atoms with Crippen LogP contribution in [-0.2, 0) is 0 Å². The van der Waals surface area contributed by atoms with Crippen LogP contribution in [0, 0.1) is 0 Å². The van der Waals surface area contributed by atoms with Crippen molar-refractivity contribution in [1.82, 2.24) is 0 Å². The summed E-state index contributed by atoms with van der Waals surface area (Å²) >= 11 is 5.84. The summed E-state index contributed by atoms with van der Waals surface area (Å²) in [6, 6.07) is 18.0. The van der Waals surface area contributed by atoms with Gasteiger partial charge in [0, 0.05) is 11.2 Å². The molecule has 0 saturated carbocycles. The number of nitrogens with zero attached hydrogens (tertiary/aromatic N) is 1. The molecule has 2 heteroatoms. The lowest BCUT2D eigenvalue weighted by Crippen LogP contribution is -1.93. The zero-order chi connectivity index (χ0) is 13.5. The first kappa shape index (κ1) is 13.6. The maximum atomic E-state index is 5.84. The van der Waals surface area contributed by atoms with Crippen molar-refractivity contribution in [1.29, 1.82) is 0 Å². The third kappa shape index (κ3) is 4.72. The Kier molecular flexibility index (Phi) is 4.93. The lowest BCUT2D eigenvalue weighted by Gasteiger charge is -1.99. The number of rotatable bonds is 4. The standard InChI is InChI=1S/C17H16ClN/c1-14(19-13-16-5-3-2-4-6-16)7-8-15-9-11-17(18)12-10-15/h2-14H,1H3/b8-7+,19-13?. The van der Waals surface area contributed by atoms with Crippen molar-refractivity contribution in [2.24, 2.45) is 4.99 Å². The van der Waals surface area contributed by atoms with Crippen LogP contribution in [0.2, 0.25) is 5.02 Å². The summed E-state index contributed by atoms with van der Waals surface area (Å²) in [6.07, 6.45) is 6.03. The summed E-state index contributed by atoms with van der Waals surface area (Å²) in [6.45, 7) is 2.06. The molecule has 0 saturated heterocycles. The van der Waals surface area contributed by atoms with Gasteiger partial charge in [0.25, 0.3) is 0 Å². The predicted octanol–water partition coefficient (Wildman–Crippen LogP) is 4.86. The van der Waals surface area contributed by atoms with Crippen molar-refractivity contribution < 1.29 is 0 Å². The van der Waals surface area contributed by atoms with Gasteiger partial charge in [-0.05, 0) is 30.2 Å². The molecule has 0 fully saturated rings. The Morgan fingerprint density at radius 2 is 1.63 bits per heavy atom. The highest BCUT2D eigenvalue weighted by Gasteiger charge is 1.92. The van der Waals surface area contributed by atoms with Crippen molar-refractivity contribution >= 4 is 23.9 Å². The number of hydrogen-bond acceptors (Lipinski definition) is 1. The van der Waals surface area contributed by atoms with Gasteiger partial charge in [0.1, 0.15) is 0 Å². The molecule has 0 radical (unpaired) electrons. The lowest BCUT2D eigenvalue weighted by atomic mass is 10.2. The van der Waals surface area contributed by atoms with E-state index in [1.807, 2.05) is 60.8 Å². The van der Waals surface area contributed by atoms with Gasteiger partial charge in [-0.15, -0.1) is 0 Å². The third-order valence-electron chi connectivity index (χ3n) is 2.70. The van der Waals surface area contributed by atoms with Crippen LogP contribution in [0.5, 0.6) is 0 Å². The number of aliphatic imine (C=N–C) groups is 1. The smallest absolute Gasteiger partial charge is 0.0655 e. The largest absolute Gasteiger partial charge is 0.285 e. The minimum absolute atomic E-state index is 0.149. The maximum absolute atomic E-state index is 5.84. The molecule has 0 heterocycles. The molecule has 0 spiro atoms. The lowest BCUT2D eigenvalue weighted by molar-refractivity contribution is 0.937. The number of halogens is 1. The van der Waals surface area contributed by atoms with E-state index in [1.54, 1.807) is 0 Å². The van der Waals surface area contributed by atoms with Crippen molar-refractivity contribution in [3.8, 4) is 0 Å². The zero-order valence-electron chi connectivity index (χ0n) is 10.8. The molecule has 2 rings (SSSR count). The van der Waals surface area contributed by atoms with E-state index >= 15 is 0 Å². The van der Waals surface area contributed by atoms with Crippen LogP contribution in [0.3, 0.4) is 0 Å². The second-order valence-corrected chi connectivity index (χ2v) is 4.78. The van der Waals surface area contributed by atoms with E-state index in [0.717, 1.165) is 16.1 Å². The van der Waals surface area contributed by atoms with Gasteiger partial charge in [0.05, 0.1) is 6.04 Å². The molecule has 96 valence electrons. The first-order valence-corrected chi connectivity index (χ1v) is 6.64. The van der Waals surface area contributed by atoms with E-state index in [4.69, 9.17) is 11.6 Å². The van der Waals surface area contributed by atoms with E-state index in [9.17, 15) is 0 Å². The Morgan fingerprint density at radius 1 is 0.947 bits per heavy atom. The van der Waals surface area contributed by atoms with E-state index < -0.39 is 0 Å². The molecule has 19 heavy (non-hydrogen) atoms. The van der Waals surface area contributed by atoms with E-state index in [0.29, 0.717) is 0 Å². The van der Waals surface area contributed by atoms with Crippen LogP contribution in [0.4, 0.5) is 0 Å². The molecular formula is C17H16ClN. The Labute approximate surface area is 119 Å². The summed E-state index contributed by atoms with van der Waals surface area (Å²) < 4.78 is 0. The van der Waals surface area contributed by atoms with Crippen LogP contribution >= 0.6 is 11.6 Å². The third-order valence-corrected chi connectivity index (χ3v) is 2.95. The van der Waals surface area contributed by atoms with Crippen LogP contribution in [0.25, 0.3) is 6.08 Å². The Balaban J connectivity index is 1.95. The fraction of sp³-hybridized carbons (Fsp3) is 0.118. The molecule has 0 aliphatic rings. The second-order valence-electron chi connectivity index (χ2n) is 4.34. The Morgan fingerprint density at radius 3 is 2.32 bits per heavy atom. The molecule has 1 atom stereocenters. The molecule has 0 bridgehead atoms. The molecule has 0 aliphatic carbocycles. The van der Waals surface area contributed by atoms with Gasteiger partial charge in [-0.25, -0.2) is 0 Å². The highest BCUT2D eigenvalue weighted by molar-refractivity contribution is 6.30. The Hall–Kier alpha value is -1.86. The average Bonchev–Trinajstić information content (AvgIpc) is 2.45. The summed E-state index contributed by atoms with van der Waals surface area (Å²) in [7, 11) is 0. The molecule has 0 N–H and O–H groups in total. The Bertz CT molecular complexity index is 556. The van der Waals surface area contributed by atoms with Gasteiger partial charge in [0.15, 0.2) is 0 Å². The molecular weight excluding hydrogens is 254 g/mol. The van der Waals surface area contributed by atoms with Gasteiger partial charge in [0.2, 0.25) is 0 Å². The molecule has 1 nitrogen and oxygen atoms in total. The minimum atomic E-state index is 0.149. The number of benzene rings is 2. The van der Waals surface area contributed by atoms with Gasteiger partial charge >= 0.3 is 0 Å². The molecule has 1 unspecified atom stereocenters. The van der Waals surface area contributed by atoms with Crippen LogP contribution in [-0.4, -0.2) is 12.3 Å². The van der Waals surface area contributed by atoms with E-state index in [2.05, 4.69) is 24.1 Å². The van der Waals surface area contributed by atoms with Crippen molar-refractivity contribution in [2.45, 2.75) is 13.0 Å². The van der Waals surface area contributed by atoms with Crippen molar-refractivity contribution in [2.75, 3.05) is 0 Å². The molecule has 0 aliphatic heterocycles. The molecule has 2 aromatic carbocycles. The maximum Gasteiger partial charge on any atom is 0.0655 e. The van der Waals surface area contributed by atoms with Crippen molar-refractivity contribution in [3.63, 3.8) is 0 Å². The quantitative estimate of drug-likeness (QED) is 0.703. The van der Waals surface area contributed by atoms with Gasteiger partial charge in [-0.1, -0.05) is 66.2 Å². The van der Waals surface area contributed by atoms with Gasteiger partial charge in [-0.3, -0.25) is 4.99 Å². The highest BCUT2D eigenvalue weighted by Crippen LogP contribution is 2.11. The van der Waals surface area contributed by atoms with Crippen molar-refractivity contribution in [3.05, 3.63) is 76.8 Å². The fourth-order valence-electron chi connectivity index (χ4n) is 1.62. The van der Waals surface area contributed by atoms with Gasteiger partial charge in [-0.2, -0.15) is 0 Å². The predicted molar refractivity (Wildman–Crippen MR) is 84.0 cm³/mol. The minimum Gasteiger partial charge on any atom is -0.285 e. The first-order valence-electron chi connectivity index (χ1n) is 6.26. The normalized spacial score (nSPS) is 13.2. The SMILES string of the molecule is CC(/C=C/c1ccc(Cl)cc1)N=Cc1ccccc1. The highest BCUT2D eigenvalue weighted by atomic mass is 35.5. The summed E-state index contributed by atoms with van der Waals surface area (Å²) in [4.78, 5) is 4.49. The first-order chi connectivity index (χ1) is 9.24. The fourth-order valence-corrected chi connectivity index (χ4v) is 1.74. The zero-order valence-corrected chi connectivity index (χ0v) is 11.6. The summed E-state index contributed by atoms with van der Waals surface area (Å²) in [5.74, 6) is 0. The number of hydrogen-bond donors (Lipinski definition) is 0. The van der Waals surface area contributed by atoms with Crippen LogP contribution < -0.4 is 0 Å². The second kappa shape index (κ2) is 6.91. The summed E-state index contributed by atoms with van der Waals surface area (Å²) in [5, 5.41) is 0.757. The molecule has 0 amide bonds. The average molecular weight is 270 g/mol. The van der Waals surface area contributed by atoms with Gasteiger partial charge < -0.3 is 0 Å². The van der Waals surface area contributed by atoms with Crippen LogP contribution in [0.15, 0.2) is 65.7 Å².